The lowest BCUT2D eigenvalue weighted by atomic mass is 10.1. The molecule has 0 atom stereocenters. The third-order valence-corrected chi connectivity index (χ3v) is 3.61. The molecule has 3 aromatic rings. The molecule has 6 nitrogen and oxygen atoms in total. The number of nitrogens with zero attached hydrogens (tertiary/aromatic N) is 1. The number of esters is 1. The van der Waals surface area contributed by atoms with Crippen molar-refractivity contribution in [2.45, 2.75) is 6.54 Å². The summed E-state index contributed by atoms with van der Waals surface area (Å²) in [5, 5.41) is 0.457. The average Bonchev–Trinajstić information content (AvgIpc) is 2.58. The normalized spacial score (nSPS) is 10.7. The highest BCUT2D eigenvalue weighted by Gasteiger charge is 2.09. The van der Waals surface area contributed by atoms with Gasteiger partial charge in [-0.25, -0.2) is 9.59 Å². The maximum atomic E-state index is 12.4. The minimum absolute atomic E-state index is 0.125. The summed E-state index contributed by atoms with van der Waals surface area (Å²) in [7, 11) is 1.31. The van der Waals surface area contributed by atoms with Crippen molar-refractivity contribution in [1.29, 1.82) is 0 Å². The lowest BCUT2D eigenvalue weighted by Gasteiger charge is -2.07. The van der Waals surface area contributed by atoms with E-state index < -0.39 is 11.7 Å². The highest BCUT2D eigenvalue weighted by atomic mass is 16.5. The molecule has 0 aliphatic carbocycles. The zero-order valence-electron chi connectivity index (χ0n) is 12.4. The van der Waals surface area contributed by atoms with Crippen LogP contribution in [0.4, 0.5) is 0 Å². The minimum atomic E-state index is -0.467. The Kier molecular flexibility index (Phi) is 3.80. The zero-order valence-corrected chi connectivity index (χ0v) is 12.4. The second-order valence-electron chi connectivity index (χ2n) is 5.06. The number of aromatic nitrogens is 2. The van der Waals surface area contributed by atoms with Crippen molar-refractivity contribution >= 4 is 16.9 Å². The first-order valence-electron chi connectivity index (χ1n) is 6.99. The molecule has 1 heterocycles. The number of methoxy groups -OCH3 is 1. The van der Waals surface area contributed by atoms with Crippen LogP contribution < -0.4 is 11.2 Å². The van der Waals surface area contributed by atoms with E-state index >= 15 is 0 Å². The van der Waals surface area contributed by atoms with E-state index in [9.17, 15) is 14.4 Å². The van der Waals surface area contributed by atoms with E-state index in [1.165, 1.54) is 7.11 Å². The molecule has 1 aromatic heterocycles. The number of nitrogens with one attached hydrogen (secondary N) is 1. The molecule has 0 unspecified atom stereocenters. The van der Waals surface area contributed by atoms with Crippen molar-refractivity contribution in [2.75, 3.05) is 7.11 Å². The summed E-state index contributed by atoms with van der Waals surface area (Å²) in [6.07, 6.45) is 0. The number of para-hydroxylation sites is 1. The van der Waals surface area contributed by atoms with Gasteiger partial charge in [-0.3, -0.25) is 9.36 Å². The van der Waals surface area contributed by atoms with E-state index in [-0.39, 0.29) is 12.1 Å². The summed E-state index contributed by atoms with van der Waals surface area (Å²) in [4.78, 5) is 38.7. The predicted molar refractivity (Wildman–Crippen MR) is 85.7 cm³/mol. The molecule has 116 valence electrons. The van der Waals surface area contributed by atoms with Crippen LogP contribution in [0.25, 0.3) is 10.9 Å². The number of rotatable bonds is 3. The van der Waals surface area contributed by atoms with Gasteiger partial charge in [-0.1, -0.05) is 24.3 Å². The van der Waals surface area contributed by atoms with Gasteiger partial charge in [-0.05, 0) is 29.8 Å². The SMILES string of the molecule is COC(=O)c1ccc(Cn2c(=O)[nH]c3ccccc3c2=O)cc1. The Balaban J connectivity index is 2.00. The second kappa shape index (κ2) is 5.92. The summed E-state index contributed by atoms with van der Waals surface area (Å²) in [6, 6.07) is 13.4. The van der Waals surface area contributed by atoms with Crippen LogP contribution in [0.2, 0.25) is 0 Å². The molecule has 2 aromatic carbocycles. The van der Waals surface area contributed by atoms with Crippen LogP contribution in [0.15, 0.2) is 58.1 Å². The number of carbonyl (C=O) groups excluding carboxylic acids is 1. The summed E-state index contributed by atoms with van der Waals surface area (Å²) in [5.41, 5.74) is 0.850. The Labute approximate surface area is 131 Å². The molecule has 23 heavy (non-hydrogen) atoms. The maximum Gasteiger partial charge on any atom is 0.337 e. The quantitative estimate of drug-likeness (QED) is 0.744. The summed E-state index contributed by atoms with van der Waals surface area (Å²) < 4.78 is 5.77. The highest BCUT2D eigenvalue weighted by molar-refractivity contribution is 5.89. The van der Waals surface area contributed by atoms with Crippen molar-refractivity contribution in [2.24, 2.45) is 0 Å². The van der Waals surface area contributed by atoms with Crippen LogP contribution in [0.1, 0.15) is 15.9 Å². The van der Waals surface area contributed by atoms with Gasteiger partial charge in [0.15, 0.2) is 0 Å². The summed E-state index contributed by atoms with van der Waals surface area (Å²) in [5.74, 6) is -0.433. The topological polar surface area (TPSA) is 81.2 Å². The van der Waals surface area contributed by atoms with Crippen LogP contribution in [-0.4, -0.2) is 22.6 Å². The van der Waals surface area contributed by atoms with Crippen molar-refractivity contribution in [3.63, 3.8) is 0 Å². The fourth-order valence-corrected chi connectivity index (χ4v) is 2.39. The molecule has 3 rings (SSSR count). The number of hydrogen-bond acceptors (Lipinski definition) is 4. The van der Waals surface area contributed by atoms with E-state index in [4.69, 9.17) is 0 Å². The van der Waals surface area contributed by atoms with E-state index in [1.54, 1.807) is 48.5 Å². The molecule has 0 spiro atoms. The number of H-pyrrole nitrogens is 1. The third-order valence-electron chi connectivity index (χ3n) is 3.61. The lowest BCUT2D eigenvalue weighted by Crippen LogP contribution is -2.35. The Hall–Kier alpha value is -3.15. The largest absolute Gasteiger partial charge is 0.465 e. The molecular weight excluding hydrogens is 296 g/mol. The van der Waals surface area contributed by atoms with Gasteiger partial charge in [0, 0.05) is 0 Å². The van der Waals surface area contributed by atoms with Crippen LogP contribution in [0.5, 0.6) is 0 Å². The van der Waals surface area contributed by atoms with E-state index in [0.29, 0.717) is 16.5 Å². The second-order valence-corrected chi connectivity index (χ2v) is 5.06. The molecule has 0 saturated heterocycles. The van der Waals surface area contributed by atoms with Gasteiger partial charge >= 0.3 is 11.7 Å². The van der Waals surface area contributed by atoms with Gasteiger partial charge < -0.3 is 9.72 Å². The molecule has 0 amide bonds. The molecule has 0 saturated carbocycles. The Bertz CT molecular complexity index is 984. The number of benzene rings is 2. The number of hydrogen-bond donors (Lipinski definition) is 1. The fraction of sp³-hybridized carbons (Fsp3) is 0.118. The van der Waals surface area contributed by atoms with Crippen molar-refractivity contribution in [3.05, 3.63) is 80.5 Å². The maximum absolute atomic E-state index is 12.4. The molecule has 0 aliphatic rings. The molecule has 0 bridgehead atoms. The number of carbonyl (C=O) groups is 1. The third kappa shape index (κ3) is 2.78. The van der Waals surface area contributed by atoms with Crippen LogP contribution >= 0.6 is 0 Å². The Morgan fingerprint density at radius 3 is 2.48 bits per heavy atom. The number of fused-ring (bicyclic) bond motifs is 1. The first-order valence-corrected chi connectivity index (χ1v) is 6.99. The Morgan fingerprint density at radius 2 is 1.78 bits per heavy atom. The zero-order chi connectivity index (χ0) is 16.4. The number of ether oxygens (including phenoxy) is 1. The van der Waals surface area contributed by atoms with Crippen molar-refractivity contribution in [1.82, 2.24) is 9.55 Å². The van der Waals surface area contributed by atoms with Gasteiger partial charge in [0.1, 0.15) is 0 Å². The molecule has 0 radical (unpaired) electrons. The first kappa shape index (κ1) is 14.8. The standard InChI is InChI=1S/C17H14N2O4/c1-23-16(21)12-8-6-11(7-9-12)10-19-15(20)13-4-2-3-5-14(13)18-17(19)22/h2-9H,10H2,1H3,(H,18,22). The summed E-state index contributed by atoms with van der Waals surface area (Å²) in [6.45, 7) is 0.125. The molecule has 6 heteroatoms. The van der Waals surface area contributed by atoms with Crippen molar-refractivity contribution < 1.29 is 9.53 Å². The molecular formula is C17H14N2O4. The van der Waals surface area contributed by atoms with Crippen LogP contribution in [0, 0.1) is 0 Å². The monoisotopic (exact) mass is 310 g/mol. The Morgan fingerprint density at radius 1 is 1.09 bits per heavy atom. The molecule has 0 aliphatic heterocycles. The van der Waals surface area contributed by atoms with Crippen LogP contribution in [-0.2, 0) is 11.3 Å². The lowest BCUT2D eigenvalue weighted by molar-refractivity contribution is 0.0600. The smallest absolute Gasteiger partial charge is 0.337 e. The van der Waals surface area contributed by atoms with Crippen LogP contribution in [0.3, 0.4) is 0 Å². The van der Waals surface area contributed by atoms with E-state index in [2.05, 4.69) is 9.72 Å². The van der Waals surface area contributed by atoms with Gasteiger partial charge in [0.2, 0.25) is 0 Å². The van der Waals surface area contributed by atoms with E-state index in [1.807, 2.05) is 0 Å². The first-order chi connectivity index (χ1) is 11.1. The van der Waals surface area contributed by atoms with Gasteiger partial charge in [0.05, 0.1) is 30.1 Å². The molecule has 1 N–H and O–H groups in total. The minimum Gasteiger partial charge on any atom is -0.465 e. The van der Waals surface area contributed by atoms with E-state index in [0.717, 1.165) is 10.1 Å². The highest BCUT2D eigenvalue weighted by Crippen LogP contribution is 2.07. The number of aromatic amines is 1. The average molecular weight is 310 g/mol. The summed E-state index contributed by atoms with van der Waals surface area (Å²) >= 11 is 0. The van der Waals surface area contributed by atoms with Gasteiger partial charge in [-0.15, -0.1) is 0 Å². The molecule has 0 fully saturated rings. The van der Waals surface area contributed by atoms with Gasteiger partial charge in [-0.2, -0.15) is 0 Å². The predicted octanol–water partition coefficient (Wildman–Crippen LogP) is 1.52. The van der Waals surface area contributed by atoms with Crippen molar-refractivity contribution in [3.8, 4) is 0 Å². The van der Waals surface area contributed by atoms with Gasteiger partial charge in [0.25, 0.3) is 5.56 Å². The fourth-order valence-electron chi connectivity index (χ4n) is 2.39.